The number of hydrogen-bond donors (Lipinski definition) is 0. The fourth-order valence-electron chi connectivity index (χ4n) is 8.61. The average molecular weight is 517 g/mol. The van der Waals surface area contributed by atoms with Crippen molar-refractivity contribution in [2.24, 2.45) is 22.2 Å². The van der Waals surface area contributed by atoms with Crippen LogP contribution in [-0.4, -0.2) is 11.6 Å². The molecule has 200 valence electrons. The maximum atomic E-state index is 14.3. The van der Waals surface area contributed by atoms with Gasteiger partial charge in [-0.25, -0.2) is 0 Å². The monoisotopic (exact) mass is 516 g/mol. The minimum Gasteiger partial charge on any atom is -0.294 e. The van der Waals surface area contributed by atoms with Crippen molar-refractivity contribution in [2.45, 2.75) is 74.7 Å². The molecule has 2 heteroatoms. The molecule has 3 aliphatic rings. The van der Waals surface area contributed by atoms with Gasteiger partial charge in [-0.3, -0.25) is 9.59 Å². The highest BCUT2D eigenvalue weighted by atomic mass is 16.1. The second-order valence-corrected chi connectivity index (χ2v) is 12.8. The molecule has 5 atom stereocenters. The number of benzene rings is 2. The zero-order valence-corrected chi connectivity index (χ0v) is 24.9. The van der Waals surface area contributed by atoms with Crippen LogP contribution < -0.4 is 0 Å². The number of rotatable bonds is 1. The number of Topliss-reactive ketones (excluding diaryl/α,β-unsaturated/α-hetero) is 2. The maximum Gasteiger partial charge on any atom is 0.176 e. The number of aryl methyl sites for hydroxylation is 1. The first-order chi connectivity index (χ1) is 18.2. The van der Waals surface area contributed by atoms with E-state index < -0.39 is 5.41 Å². The topological polar surface area (TPSA) is 34.1 Å². The fourth-order valence-corrected chi connectivity index (χ4v) is 8.61. The summed E-state index contributed by atoms with van der Waals surface area (Å²) < 4.78 is 0. The Bertz CT molecular complexity index is 1590. The maximum absolute atomic E-state index is 14.3. The lowest BCUT2D eigenvalue weighted by Crippen LogP contribution is -2.61. The first-order valence-corrected chi connectivity index (χ1v) is 14.1. The largest absolute Gasteiger partial charge is 0.294 e. The van der Waals surface area contributed by atoms with Gasteiger partial charge in [-0.1, -0.05) is 81.5 Å². The van der Waals surface area contributed by atoms with Crippen LogP contribution in [0.2, 0.25) is 0 Å². The van der Waals surface area contributed by atoms with Gasteiger partial charge in [0.2, 0.25) is 0 Å². The van der Waals surface area contributed by atoms with Gasteiger partial charge in [0, 0.05) is 16.5 Å². The molecule has 0 heterocycles. The highest BCUT2D eigenvalue weighted by Crippen LogP contribution is 2.72. The molecular weight excluding hydrogens is 476 g/mol. The van der Waals surface area contributed by atoms with Crippen LogP contribution in [0.3, 0.4) is 0 Å². The molecule has 5 rings (SSSR count). The molecule has 0 N–H and O–H groups in total. The predicted molar refractivity (Wildman–Crippen MR) is 160 cm³/mol. The predicted octanol–water partition coefficient (Wildman–Crippen LogP) is 8.39. The summed E-state index contributed by atoms with van der Waals surface area (Å²) in [5.74, 6) is 7.05. The van der Waals surface area contributed by atoms with E-state index in [2.05, 4.69) is 72.4 Å². The Morgan fingerprint density at radius 2 is 1.62 bits per heavy atom. The molecule has 2 aromatic carbocycles. The van der Waals surface area contributed by atoms with Gasteiger partial charge in [0.1, 0.15) is 0 Å². The quantitative estimate of drug-likeness (QED) is 0.282. The molecule has 0 aliphatic heterocycles. The molecule has 0 fully saturated rings. The summed E-state index contributed by atoms with van der Waals surface area (Å²) in [6, 6.07) is 14.4. The lowest BCUT2D eigenvalue weighted by molar-refractivity contribution is -0.139. The van der Waals surface area contributed by atoms with Crippen LogP contribution in [0.25, 0.3) is 5.57 Å². The van der Waals surface area contributed by atoms with Crippen molar-refractivity contribution in [1.29, 1.82) is 0 Å². The summed E-state index contributed by atoms with van der Waals surface area (Å²) in [4.78, 5) is 27.0. The van der Waals surface area contributed by atoms with Crippen molar-refractivity contribution < 1.29 is 9.59 Å². The first kappa shape index (κ1) is 27.1. The van der Waals surface area contributed by atoms with E-state index in [0.29, 0.717) is 5.57 Å². The van der Waals surface area contributed by atoms with Gasteiger partial charge in [0.25, 0.3) is 0 Å². The van der Waals surface area contributed by atoms with Gasteiger partial charge in [-0.15, -0.1) is 0 Å². The highest BCUT2D eigenvalue weighted by Gasteiger charge is 2.67. The molecule has 0 saturated heterocycles. The SMILES string of the molecule is C=C1C2=C(C)[C@@]3(C)C(=O)C(C(C)=O)=C(C)C[C@@]3(C)[C@H](C)[C@@]2(C)[C@H](C)c2c(C#Cc3ccccc3)ccc(C)c21. The van der Waals surface area contributed by atoms with Crippen LogP contribution in [0, 0.1) is 40.9 Å². The van der Waals surface area contributed by atoms with E-state index >= 15 is 0 Å². The van der Waals surface area contributed by atoms with Crippen molar-refractivity contribution >= 4 is 17.1 Å². The highest BCUT2D eigenvalue weighted by molar-refractivity contribution is 6.23. The van der Waals surface area contributed by atoms with Crippen molar-refractivity contribution in [2.75, 3.05) is 0 Å². The first-order valence-electron chi connectivity index (χ1n) is 14.1. The Morgan fingerprint density at radius 1 is 0.974 bits per heavy atom. The average Bonchev–Trinajstić information content (AvgIpc) is 2.88. The van der Waals surface area contributed by atoms with Gasteiger partial charge in [0.05, 0.1) is 11.0 Å². The lowest BCUT2D eigenvalue weighted by Gasteiger charge is -2.65. The smallest absolute Gasteiger partial charge is 0.176 e. The second-order valence-electron chi connectivity index (χ2n) is 12.8. The molecule has 0 spiro atoms. The molecule has 0 radical (unpaired) electrons. The van der Waals surface area contributed by atoms with Crippen molar-refractivity contribution in [3.05, 3.63) is 99.2 Å². The van der Waals surface area contributed by atoms with Crippen LogP contribution in [0.5, 0.6) is 0 Å². The summed E-state index contributed by atoms with van der Waals surface area (Å²) in [6.07, 6.45) is 0.728. The minimum absolute atomic E-state index is 0.0226. The van der Waals surface area contributed by atoms with Crippen LogP contribution in [0.1, 0.15) is 95.5 Å². The fraction of sp³-hybridized carbons (Fsp3) is 0.405. The zero-order valence-electron chi connectivity index (χ0n) is 24.9. The number of carbonyl (C=O) groups is 2. The van der Waals surface area contributed by atoms with Gasteiger partial charge in [-0.05, 0) is 104 Å². The van der Waals surface area contributed by atoms with E-state index in [-0.39, 0.29) is 34.2 Å². The normalized spacial score (nSPS) is 31.7. The van der Waals surface area contributed by atoms with E-state index in [1.807, 2.05) is 37.3 Å². The molecule has 0 bridgehead atoms. The van der Waals surface area contributed by atoms with E-state index in [9.17, 15) is 9.59 Å². The second kappa shape index (κ2) is 8.79. The molecule has 2 aromatic rings. The van der Waals surface area contributed by atoms with Gasteiger partial charge in [-0.2, -0.15) is 0 Å². The molecule has 0 amide bonds. The third-order valence-electron chi connectivity index (χ3n) is 11.3. The van der Waals surface area contributed by atoms with Crippen molar-refractivity contribution in [1.82, 2.24) is 0 Å². The van der Waals surface area contributed by atoms with E-state index in [1.165, 1.54) is 23.6 Å². The van der Waals surface area contributed by atoms with Crippen molar-refractivity contribution in [3.63, 3.8) is 0 Å². The third kappa shape index (κ3) is 3.35. The number of carbonyl (C=O) groups excluding carboxylic acids is 2. The van der Waals surface area contributed by atoms with Crippen LogP contribution >= 0.6 is 0 Å². The molecule has 0 aromatic heterocycles. The molecule has 0 saturated carbocycles. The summed E-state index contributed by atoms with van der Waals surface area (Å²) in [7, 11) is 0. The zero-order chi connectivity index (χ0) is 28.7. The Hall–Kier alpha value is -3.44. The standard InChI is InChI=1S/C37H40O2/c1-21-16-18-29(19-17-28-14-12-11-13-15-28)32-24(4)36(9)27(7)35(8)20-22(2)31(26(6)38)34(39)37(35,10)25(5)33(36)23(3)30(21)32/h11-16,18,24,27H,3,20H2,1-2,4-10H3/t24-,27+,35+,36-,37+/m1/s1. The van der Waals surface area contributed by atoms with E-state index in [1.54, 1.807) is 0 Å². The third-order valence-corrected chi connectivity index (χ3v) is 11.3. The molecule has 39 heavy (non-hydrogen) atoms. The van der Waals surface area contributed by atoms with Crippen LogP contribution in [0.15, 0.2) is 71.3 Å². The Morgan fingerprint density at radius 3 is 2.23 bits per heavy atom. The Labute approximate surface area is 234 Å². The number of ketones is 2. The van der Waals surface area contributed by atoms with E-state index in [4.69, 9.17) is 6.58 Å². The van der Waals surface area contributed by atoms with Crippen LogP contribution in [-0.2, 0) is 9.59 Å². The molecule has 0 unspecified atom stereocenters. The lowest BCUT2D eigenvalue weighted by atomic mass is 9.37. The number of fused-ring (bicyclic) bond motifs is 3. The number of allylic oxidation sites excluding steroid dienone is 5. The molecule has 3 aliphatic carbocycles. The minimum atomic E-state index is -0.777. The Balaban J connectivity index is 1.80. The number of hydrogen-bond acceptors (Lipinski definition) is 2. The van der Waals surface area contributed by atoms with Crippen LogP contribution in [0.4, 0.5) is 0 Å². The molecular formula is C37H40O2. The van der Waals surface area contributed by atoms with Gasteiger partial charge < -0.3 is 0 Å². The summed E-state index contributed by atoms with van der Waals surface area (Å²) in [5.41, 5.74) is 8.86. The summed E-state index contributed by atoms with van der Waals surface area (Å²) in [5, 5.41) is 0. The Kier molecular flexibility index (Phi) is 6.11. The van der Waals surface area contributed by atoms with Gasteiger partial charge >= 0.3 is 0 Å². The van der Waals surface area contributed by atoms with Crippen molar-refractivity contribution in [3.8, 4) is 11.8 Å². The summed E-state index contributed by atoms with van der Waals surface area (Å²) >= 11 is 0. The van der Waals surface area contributed by atoms with E-state index in [0.717, 1.165) is 39.8 Å². The molecule has 2 nitrogen and oxygen atoms in total. The van der Waals surface area contributed by atoms with Gasteiger partial charge in [0.15, 0.2) is 11.6 Å². The summed E-state index contributed by atoms with van der Waals surface area (Å²) in [6.45, 7) is 23.9.